The molecule has 0 aliphatic carbocycles. The third-order valence-corrected chi connectivity index (χ3v) is 1.62. The summed E-state index contributed by atoms with van der Waals surface area (Å²) in [4.78, 5) is 3.30. The van der Waals surface area contributed by atoms with Crippen molar-refractivity contribution in [3.63, 3.8) is 0 Å². The molecule has 1 heteroatoms. The van der Waals surface area contributed by atoms with Gasteiger partial charge in [0.25, 0.3) is 0 Å². The second-order valence-electron chi connectivity index (χ2n) is 2.65. The van der Waals surface area contributed by atoms with E-state index in [1.54, 1.807) is 0 Å². The van der Waals surface area contributed by atoms with Gasteiger partial charge in [-0.2, -0.15) is 0 Å². The Morgan fingerprint density at radius 3 is 2.20 bits per heavy atom. The predicted octanol–water partition coefficient (Wildman–Crippen LogP) is 3.27. The van der Waals surface area contributed by atoms with Gasteiger partial charge in [0.05, 0.1) is 0 Å². The van der Waals surface area contributed by atoms with E-state index in [0.717, 1.165) is 13.0 Å². The molecule has 0 unspecified atom stereocenters. The molecule has 0 bridgehead atoms. The van der Waals surface area contributed by atoms with Crippen LogP contribution in [0, 0.1) is 6.57 Å². The topological polar surface area (TPSA) is 4.36 Å². The summed E-state index contributed by atoms with van der Waals surface area (Å²) in [6, 6.07) is 0. The highest BCUT2D eigenvalue weighted by atomic mass is 14.6. The summed E-state index contributed by atoms with van der Waals surface area (Å²) in [5, 5.41) is 0. The SMILES string of the molecule is [C-]#[N+]CCCCCCCC. The van der Waals surface area contributed by atoms with Crippen LogP contribution in [0.3, 0.4) is 0 Å². The summed E-state index contributed by atoms with van der Waals surface area (Å²) in [5.74, 6) is 0. The Morgan fingerprint density at radius 2 is 1.60 bits per heavy atom. The maximum absolute atomic E-state index is 6.54. The van der Waals surface area contributed by atoms with E-state index in [4.69, 9.17) is 6.57 Å². The molecule has 0 saturated carbocycles. The lowest BCUT2D eigenvalue weighted by molar-refractivity contribution is 0.621. The highest BCUT2D eigenvalue weighted by molar-refractivity contribution is 4.57. The van der Waals surface area contributed by atoms with Crippen molar-refractivity contribution in [1.29, 1.82) is 0 Å². The van der Waals surface area contributed by atoms with E-state index in [2.05, 4.69) is 11.8 Å². The van der Waals surface area contributed by atoms with Crippen molar-refractivity contribution in [2.45, 2.75) is 45.4 Å². The van der Waals surface area contributed by atoms with Gasteiger partial charge in [-0.3, -0.25) is 0 Å². The first-order valence-corrected chi connectivity index (χ1v) is 4.25. The summed E-state index contributed by atoms with van der Waals surface area (Å²) in [6.45, 7) is 9.49. The maximum Gasteiger partial charge on any atom is 0.214 e. The molecule has 0 aromatic heterocycles. The van der Waals surface area contributed by atoms with Gasteiger partial charge in [0.15, 0.2) is 0 Å². The number of hydrogen-bond donors (Lipinski definition) is 0. The highest BCUT2D eigenvalue weighted by Gasteiger charge is 1.89. The third-order valence-electron chi connectivity index (χ3n) is 1.62. The molecule has 0 rings (SSSR count). The van der Waals surface area contributed by atoms with Crippen LogP contribution < -0.4 is 0 Å². The standard InChI is InChI=1S/C9H17N/c1-3-4-5-6-7-8-9-10-2/h3-9H2,1H3. The van der Waals surface area contributed by atoms with Crippen LogP contribution in [0.4, 0.5) is 0 Å². The van der Waals surface area contributed by atoms with Crippen LogP contribution in [0.15, 0.2) is 0 Å². The van der Waals surface area contributed by atoms with Gasteiger partial charge >= 0.3 is 0 Å². The number of nitrogens with zero attached hydrogens (tertiary/aromatic N) is 1. The summed E-state index contributed by atoms with van der Waals surface area (Å²) >= 11 is 0. The summed E-state index contributed by atoms with van der Waals surface area (Å²) < 4.78 is 0. The Labute approximate surface area is 64.3 Å². The number of unbranched alkanes of at least 4 members (excludes halogenated alkanes) is 5. The van der Waals surface area contributed by atoms with Gasteiger partial charge in [-0.1, -0.05) is 32.6 Å². The molecular weight excluding hydrogens is 122 g/mol. The van der Waals surface area contributed by atoms with Crippen LogP contribution in [-0.2, 0) is 0 Å². The summed E-state index contributed by atoms with van der Waals surface area (Å²) in [5.41, 5.74) is 0. The zero-order valence-electron chi connectivity index (χ0n) is 6.90. The van der Waals surface area contributed by atoms with Crippen molar-refractivity contribution in [2.24, 2.45) is 0 Å². The van der Waals surface area contributed by atoms with E-state index in [1.165, 1.54) is 32.1 Å². The van der Waals surface area contributed by atoms with Gasteiger partial charge in [0.1, 0.15) is 0 Å². The predicted molar refractivity (Wildman–Crippen MR) is 44.8 cm³/mol. The van der Waals surface area contributed by atoms with Crippen molar-refractivity contribution in [1.82, 2.24) is 0 Å². The van der Waals surface area contributed by atoms with Crippen LogP contribution in [-0.4, -0.2) is 6.54 Å². The molecule has 58 valence electrons. The van der Waals surface area contributed by atoms with Crippen molar-refractivity contribution in [3.8, 4) is 0 Å². The lowest BCUT2D eigenvalue weighted by atomic mass is 10.1. The lowest BCUT2D eigenvalue weighted by Gasteiger charge is -1.94. The van der Waals surface area contributed by atoms with Crippen LogP contribution in [0.5, 0.6) is 0 Å². The van der Waals surface area contributed by atoms with Gasteiger partial charge in [0, 0.05) is 6.42 Å². The van der Waals surface area contributed by atoms with Crippen LogP contribution in [0.25, 0.3) is 4.85 Å². The maximum atomic E-state index is 6.54. The molecule has 0 saturated heterocycles. The minimum Gasteiger partial charge on any atom is -0.317 e. The first-order chi connectivity index (χ1) is 4.91. The third kappa shape index (κ3) is 7.49. The normalized spacial score (nSPS) is 9.20. The van der Waals surface area contributed by atoms with Gasteiger partial charge < -0.3 is 4.85 Å². The Morgan fingerprint density at radius 1 is 1.00 bits per heavy atom. The quantitative estimate of drug-likeness (QED) is 0.393. The monoisotopic (exact) mass is 139 g/mol. The fourth-order valence-corrected chi connectivity index (χ4v) is 0.971. The molecule has 0 aliphatic rings. The van der Waals surface area contributed by atoms with E-state index in [0.29, 0.717) is 0 Å². The Kier molecular flexibility index (Phi) is 8.06. The van der Waals surface area contributed by atoms with E-state index in [9.17, 15) is 0 Å². The van der Waals surface area contributed by atoms with E-state index >= 15 is 0 Å². The fraction of sp³-hybridized carbons (Fsp3) is 0.889. The molecule has 1 nitrogen and oxygen atoms in total. The summed E-state index contributed by atoms with van der Waals surface area (Å²) in [7, 11) is 0. The van der Waals surface area contributed by atoms with Crippen LogP contribution in [0.2, 0.25) is 0 Å². The minimum absolute atomic E-state index is 0.728. The van der Waals surface area contributed by atoms with E-state index in [1.807, 2.05) is 0 Å². The molecule has 0 spiro atoms. The molecule has 0 N–H and O–H groups in total. The van der Waals surface area contributed by atoms with Gasteiger partial charge in [-0.25, -0.2) is 6.57 Å². The minimum atomic E-state index is 0.728. The molecule has 10 heavy (non-hydrogen) atoms. The Hall–Kier alpha value is -0.510. The van der Waals surface area contributed by atoms with Gasteiger partial charge in [-0.05, 0) is 6.42 Å². The fourth-order valence-electron chi connectivity index (χ4n) is 0.971. The largest absolute Gasteiger partial charge is 0.317 e. The smallest absolute Gasteiger partial charge is 0.214 e. The second kappa shape index (κ2) is 8.49. The molecule has 0 amide bonds. The number of hydrogen-bond acceptors (Lipinski definition) is 0. The van der Waals surface area contributed by atoms with E-state index in [-0.39, 0.29) is 0 Å². The Bertz CT molecular complexity index is 91.4. The molecule has 0 aromatic carbocycles. The van der Waals surface area contributed by atoms with Crippen molar-refractivity contribution >= 4 is 0 Å². The first kappa shape index (κ1) is 9.49. The van der Waals surface area contributed by atoms with Crippen LogP contribution >= 0.6 is 0 Å². The van der Waals surface area contributed by atoms with Crippen molar-refractivity contribution < 1.29 is 0 Å². The molecule has 0 heterocycles. The van der Waals surface area contributed by atoms with E-state index < -0.39 is 0 Å². The second-order valence-corrected chi connectivity index (χ2v) is 2.65. The number of rotatable bonds is 6. The van der Waals surface area contributed by atoms with Crippen LogP contribution in [0.1, 0.15) is 45.4 Å². The molecule has 0 atom stereocenters. The lowest BCUT2D eigenvalue weighted by Crippen LogP contribution is -1.80. The first-order valence-electron chi connectivity index (χ1n) is 4.25. The highest BCUT2D eigenvalue weighted by Crippen LogP contribution is 2.04. The van der Waals surface area contributed by atoms with Gasteiger partial charge in [-0.15, -0.1) is 0 Å². The molecular formula is C9H17N. The zero-order chi connectivity index (χ0) is 7.66. The average Bonchev–Trinajstić information content (AvgIpc) is 1.97. The Balaban J connectivity index is 2.72. The van der Waals surface area contributed by atoms with Crippen molar-refractivity contribution in [3.05, 3.63) is 11.4 Å². The zero-order valence-corrected chi connectivity index (χ0v) is 6.90. The molecule has 0 radical (unpaired) electrons. The molecule has 0 aromatic rings. The van der Waals surface area contributed by atoms with Crippen molar-refractivity contribution in [2.75, 3.05) is 6.54 Å². The van der Waals surface area contributed by atoms with Gasteiger partial charge in [0.2, 0.25) is 6.54 Å². The molecule has 0 aliphatic heterocycles. The molecule has 0 fully saturated rings. The summed E-state index contributed by atoms with van der Waals surface area (Å²) in [6.07, 6.45) is 7.70. The average molecular weight is 139 g/mol.